The van der Waals surface area contributed by atoms with E-state index in [9.17, 15) is 0 Å². The molecule has 1 heterocycles. The van der Waals surface area contributed by atoms with Gasteiger partial charge in [-0.05, 0) is 36.2 Å². The average molecular weight is 297 g/mol. The molecule has 1 aromatic heterocycles. The summed E-state index contributed by atoms with van der Waals surface area (Å²) in [7, 11) is 0. The second-order valence-corrected chi connectivity index (χ2v) is 5.37. The summed E-state index contributed by atoms with van der Waals surface area (Å²) in [5.74, 6) is 0. The Hall–Kier alpha value is -0.960. The van der Waals surface area contributed by atoms with Gasteiger partial charge in [-0.25, -0.2) is 0 Å². The molecule has 0 fully saturated rings. The van der Waals surface area contributed by atoms with Crippen LogP contribution in [0.3, 0.4) is 0 Å². The van der Waals surface area contributed by atoms with Crippen molar-refractivity contribution in [2.24, 2.45) is 0 Å². The third-order valence-corrected chi connectivity index (χ3v) is 3.81. The zero-order chi connectivity index (χ0) is 13.7. The first-order chi connectivity index (χ1) is 9.20. The highest BCUT2D eigenvalue weighted by Crippen LogP contribution is 2.26. The molecule has 19 heavy (non-hydrogen) atoms. The second-order valence-electron chi connectivity index (χ2n) is 4.58. The minimum atomic E-state index is 0.608. The average Bonchev–Trinajstić information content (AvgIpc) is 2.83. The SMILES string of the molecule is CCCNCc1ccn(Cc2cccc(Cl)c2Cl)c1. The number of nitrogens with one attached hydrogen (secondary N) is 1. The molecule has 2 nitrogen and oxygen atoms in total. The summed E-state index contributed by atoms with van der Waals surface area (Å²) in [5, 5.41) is 4.64. The molecule has 0 unspecified atom stereocenters. The van der Waals surface area contributed by atoms with Crippen LogP contribution in [0.25, 0.3) is 0 Å². The molecule has 4 heteroatoms. The third-order valence-electron chi connectivity index (χ3n) is 2.95. The zero-order valence-electron chi connectivity index (χ0n) is 11.0. The summed E-state index contributed by atoms with van der Waals surface area (Å²) in [6.45, 7) is 4.86. The van der Waals surface area contributed by atoms with Crippen LogP contribution in [-0.2, 0) is 13.1 Å². The highest BCUT2D eigenvalue weighted by molar-refractivity contribution is 6.42. The van der Waals surface area contributed by atoms with Crippen molar-refractivity contribution in [2.75, 3.05) is 6.54 Å². The van der Waals surface area contributed by atoms with E-state index >= 15 is 0 Å². The van der Waals surface area contributed by atoms with Gasteiger partial charge in [0.15, 0.2) is 0 Å². The van der Waals surface area contributed by atoms with Crippen LogP contribution in [-0.4, -0.2) is 11.1 Å². The topological polar surface area (TPSA) is 17.0 Å². The molecule has 0 aliphatic rings. The number of hydrogen-bond acceptors (Lipinski definition) is 1. The molecule has 2 rings (SSSR count). The summed E-state index contributed by atoms with van der Waals surface area (Å²) in [5.41, 5.74) is 2.32. The monoisotopic (exact) mass is 296 g/mol. The molecule has 1 aromatic carbocycles. The van der Waals surface area contributed by atoms with Gasteiger partial charge in [0.2, 0.25) is 0 Å². The van der Waals surface area contributed by atoms with Gasteiger partial charge in [-0.2, -0.15) is 0 Å². The van der Waals surface area contributed by atoms with E-state index in [-0.39, 0.29) is 0 Å². The summed E-state index contributed by atoms with van der Waals surface area (Å²) in [4.78, 5) is 0. The van der Waals surface area contributed by atoms with E-state index in [0.717, 1.165) is 31.6 Å². The molecule has 0 amide bonds. The molecule has 0 aliphatic carbocycles. The van der Waals surface area contributed by atoms with Crippen molar-refractivity contribution >= 4 is 23.2 Å². The molecule has 1 N–H and O–H groups in total. The van der Waals surface area contributed by atoms with Gasteiger partial charge < -0.3 is 9.88 Å². The lowest BCUT2D eigenvalue weighted by molar-refractivity contribution is 0.673. The van der Waals surface area contributed by atoms with E-state index in [2.05, 4.69) is 35.3 Å². The summed E-state index contributed by atoms with van der Waals surface area (Å²) >= 11 is 12.2. The zero-order valence-corrected chi connectivity index (χ0v) is 12.5. The second kappa shape index (κ2) is 6.99. The third kappa shape index (κ3) is 4.00. The molecule has 0 spiro atoms. The Morgan fingerprint density at radius 1 is 1.21 bits per heavy atom. The number of nitrogens with zero attached hydrogens (tertiary/aromatic N) is 1. The Bertz CT molecular complexity index is 535. The molecule has 102 valence electrons. The van der Waals surface area contributed by atoms with E-state index in [0.29, 0.717) is 10.0 Å². The lowest BCUT2D eigenvalue weighted by atomic mass is 10.2. The minimum absolute atomic E-state index is 0.608. The molecule has 2 aromatic rings. The molecule has 0 atom stereocenters. The first-order valence-electron chi connectivity index (χ1n) is 6.49. The van der Waals surface area contributed by atoms with Crippen LogP contribution in [0.1, 0.15) is 24.5 Å². The van der Waals surface area contributed by atoms with Crippen molar-refractivity contribution < 1.29 is 0 Å². The Kier molecular flexibility index (Phi) is 5.32. The molecule has 0 radical (unpaired) electrons. The van der Waals surface area contributed by atoms with Crippen molar-refractivity contribution in [2.45, 2.75) is 26.4 Å². The molecule has 0 aliphatic heterocycles. The van der Waals surface area contributed by atoms with Crippen molar-refractivity contribution in [1.29, 1.82) is 0 Å². The number of rotatable bonds is 6. The normalized spacial score (nSPS) is 10.9. The number of hydrogen-bond donors (Lipinski definition) is 1. The largest absolute Gasteiger partial charge is 0.350 e. The highest BCUT2D eigenvalue weighted by Gasteiger charge is 2.05. The van der Waals surface area contributed by atoms with E-state index in [1.54, 1.807) is 0 Å². The number of aromatic nitrogens is 1. The van der Waals surface area contributed by atoms with E-state index in [1.807, 2.05) is 18.2 Å². The van der Waals surface area contributed by atoms with Crippen LogP contribution in [0.5, 0.6) is 0 Å². The minimum Gasteiger partial charge on any atom is -0.350 e. The van der Waals surface area contributed by atoms with Crippen molar-refractivity contribution in [1.82, 2.24) is 9.88 Å². The summed E-state index contributed by atoms with van der Waals surface area (Å²) < 4.78 is 2.13. The van der Waals surface area contributed by atoms with Crippen molar-refractivity contribution in [3.05, 3.63) is 57.8 Å². The van der Waals surface area contributed by atoms with Crippen molar-refractivity contribution in [3.8, 4) is 0 Å². The van der Waals surface area contributed by atoms with Gasteiger partial charge in [0.05, 0.1) is 10.0 Å². The van der Waals surface area contributed by atoms with Gasteiger partial charge in [-0.3, -0.25) is 0 Å². The first kappa shape index (κ1) is 14.4. The van der Waals surface area contributed by atoms with Gasteiger partial charge in [0, 0.05) is 25.5 Å². The van der Waals surface area contributed by atoms with Crippen LogP contribution < -0.4 is 5.32 Å². The molecule has 0 bridgehead atoms. The highest BCUT2D eigenvalue weighted by atomic mass is 35.5. The molecule has 0 saturated carbocycles. The van der Waals surface area contributed by atoms with E-state index in [1.165, 1.54) is 5.56 Å². The van der Waals surface area contributed by atoms with Crippen LogP contribution in [0.2, 0.25) is 10.0 Å². The predicted octanol–water partition coefficient (Wildman–Crippen LogP) is 4.34. The van der Waals surface area contributed by atoms with E-state index in [4.69, 9.17) is 23.2 Å². The standard InChI is InChI=1S/C15H18Cl2N2/c1-2-7-18-9-12-6-8-19(10-12)11-13-4-3-5-14(16)15(13)17/h3-6,8,10,18H,2,7,9,11H2,1H3. The fraction of sp³-hybridized carbons (Fsp3) is 0.333. The number of benzene rings is 1. The van der Waals surface area contributed by atoms with Gasteiger partial charge in [-0.1, -0.05) is 42.3 Å². The van der Waals surface area contributed by atoms with Crippen molar-refractivity contribution in [3.63, 3.8) is 0 Å². The molecular formula is C15H18Cl2N2. The van der Waals surface area contributed by atoms with Gasteiger partial charge in [0.25, 0.3) is 0 Å². The maximum atomic E-state index is 6.19. The van der Waals surface area contributed by atoms with Crippen LogP contribution >= 0.6 is 23.2 Å². The van der Waals surface area contributed by atoms with Crippen LogP contribution in [0, 0.1) is 0 Å². The summed E-state index contributed by atoms with van der Waals surface area (Å²) in [6, 6.07) is 7.87. The summed E-state index contributed by atoms with van der Waals surface area (Å²) in [6.07, 6.45) is 5.36. The lowest BCUT2D eigenvalue weighted by Gasteiger charge is -2.07. The fourth-order valence-corrected chi connectivity index (χ4v) is 2.35. The van der Waals surface area contributed by atoms with Crippen LogP contribution in [0.4, 0.5) is 0 Å². The first-order valence-corrected chi connectivity index (χ1v) is 7.24. The van der Waals surface area contributed by atoms with Crippen LogP contribution in [0.15, 0.2) is 36.7 Å². The fourth-order valence-electron chi connectivity index (χ4n) is 1.97. The van der Waals surface area contributed by atoms with Gasteiger partial charge in [0.1, 0.15) is 0 Å². The van der Waals surface area contributed by atoms with Gasteiger partial charge in [-0.15, -0.1) is 0 Å². The quantitative estimate of drug-likeness (QED) is 0.785. The maximum Gasteiger partial charge on any atom is 0.0642 e. The Morgan fingerprint density at radius 2 is 2.05 bits per heavy atom. The van der Waals surface area contributed by atoms with Gasteiger partial charge >= 0.3 is 0 Å². The lowest BCUT2D eigenvalue weighted by Crippen LogP contribution is -2.13. The Balaban J connectivity index is 2.01. The van der Waals surface area contributed by atoms with E-state index < -0.39 is 0 Å². The molecular weight excluding hydrogens is 279 g/mol. The Morgan fingerprint density at radius 3 is 2.84 bits per heavy atom. The smallest absolute Gasteiger partial charge is 0.0642 e. The maximum absolute atomic E-state index is 6.19. The predicted molar refractivity (Wildman–Crippen MR) is 82.0 cm³/mol. The molecule has 0 saturated heterocycles. The number of halogens is 2. The Labute approximate surface area is 124 Å².